The molecule has 0 aliphatic heterocycles. The number of carbonyl (C=O) groups is 2. The minimum Gasteiger partial charge on any atom is -0.478 e. The van der Waals surface area contributed by atoms with Crippen molar-refractivity contribution in [1.82, 2.24) is 4.98 Å². The second-order valence-electron chi connectivity index (χ2n) is 4.03. The molecule has 0 unspecified atom stereocenters. The molecule has 1 aromatic carbocycles. The molecular weight excluding hydrogens is 258 g/mol. The molecule has 0 fully saturated rings. The molecule has 0 radical (unpaired) electrons. The van der Waals surface area contributed by atoms with Gasteiger partial charge in [0, 0.05) is 11.8 Å². The third-order valence-corrected chi connectivity index (χ3v) is 2.70. The van der Waals surface area contributed by atoms with Crippen LogP contribution in [0, 0.1) is 0 Å². The van der Waals surface area contributed by atoms with Gasteiger partial charge in [-0.05, 0) is 31.2 Å². The van der Waals surface area contributed by atoms with Crippen LogP contribution in [-0.4, -0.2) is 28.6 Å². The monoisotopic (exact) mass is 271 g/mol. The minimum absolute atomic E-state index is 0.171. The molecule has 0 spiro atoms. The number of aromatic carboxylic acids is 1. The number of hydrogen-bond acceptors (Lipinski definition) is 4. The van der Waals surface area contributed by atoms with Crippen molar-refractivity contribution < 1.29 is 19.4 Å². The zero-order chi connectivity index (χ0) is 14.5. The van der Waals surface area contributed by atoms with Crippen molar-refractivity contribution in [3.8, 4) is 11.3 Å². The Labute approximate surface area is 115 Å². The molecule has 0 aliphatic rings. The smallest absolute Gasteiger partial charge is 0.338 e. The summed E-state index contributed by atoms with van der Waals surface area (Å²) in [6, 6.07) is 9.59. The third kappa shape index (κ3) is 3.00. The van der Waals surface area contributed by atoms with E-state index in [4.69, 9.17) is 9.84 Å². The van der Waals surface area contributed by atoms with E-state index in [9.17, 15) is 9.59 Å². The van der Waals surface area contributed by atoms with E-state index in [2.05, 4.69) is 4.98 Å². The molecule has 0 bridgehead atoms. The Morgan fingerprint density at radius 2 is 1.85 bits per heavy atom. The van der Waals surface area contributed by atoms with Crippen molar-refractivity contribution in [1.29, 1.82) is 0 Å². The highest BCUT2D eigenvalue weighted by atomic mass is 16.5. The highest BCUT2D eigenvalue weighted by Crippen LogP contribution is 2.19. The molecule has 0 saturated carbocycles. The fraction of sp³-hybridized carbons (Fsp3) is 0.133. The van der Waals surface area contributed by atoms with E-state index in [-0.39, 0.29) is 11.5 Å². The van der Waals surface area contributed by atoms with Crippen molar-refractivity contribution in [2.75, 3.05) is 6.61 Å². The van der Waals surface area contributed by atoms with Gasteiger partial charge >= 0.3 is 11.9 Å². The van der Waals surface area contributed by atoms with E-state index in [0.29, 0.717) is 17.9 Å². The van der Waals surface area contributed by atoms with Gasteiger partial charge in [-0.3, -0.25) is 4.98 Å². The molecule has 20 heavy (non-hydrogen) atoms. The number of hydrogen-bond donors (Lipinski definition) is 1. The molecule has 5 heteroatoms. The highest BCUT2D eigenvalue weighted by molar-refractivity contribution is 5.90. The van der Waals surface area contributed by atoms with Crippen LogP contribution in [0.3, 0.4) is 0 Å². The Balaban J connectivity index is 2.28. The summed E-state index contributed by atoms with van der Waals surface area (Å²) in [5.74, 6) is -1.39. The Morgan fingerprint density at radius 3 is 2.45 bits per heavy atom. The maximum Gasteiger partial charge on any atom is 0.338 e. The molecular formula is C15H13NO4. The molecule has 0 amide bonds. The fourth-order valence-electron chi connectivity index (χ4n) is 1.71. The van der Waals surface area contributed by atoms with E-state index < -0.39 is 5.97 Å². The van der Waals surface area contributed by atoms with Crippen molar-refractivity contribution in [2.24, 2.45) is 0 Å². The number of pyridine rings is 1. The van der Waals surface area contributed by atoms with Gasteiger partial charge in [0.2, 0.25) is 0 Å². The number of carboxylic acid groups (broad SMARTS) is 1. The SMILES string of the molecule is CCOC(=O)c1ccc(-c2cc(C(=O)O)ccn2)cc1. The van der Waals surface area contributed by atoms with Gasteiger partial charge in [-0.15, -0.1) is 0 Å². The second kappa shape index (κ2) is 5.97. The largest absolute Gasteiger partial charge is 0.478 e. The average molecular weight is 271 g/mol. The summed E-state index contributed by atoms with van der Waals surface area (Å²) < 4.78 is 4.89. The summed E-state index contributed by atoms with van der Waals surface area (Å²) in [6.07, 6.45) is 1.44. The lowest BCUT2D eigenvalue weighted by molar-refractivity contribution is 0.0526. The third-order valence-electron chi connectivity index (χ3n) is 2.70. The normalized spacial score (nSPS) is 10.1. The standard InChI is InChI=1S/C15H13NO4/c1-2-20-15(19)11-5-3-10(4-6-11)13-9-12(14(17)18)7-8-16-13/h3-9H,2H2,1H3,(H,17,18). The number of nitrogens with zero attached hydrogens (tertiary/aromatic N) is 1. The van der Waals surface area contributed by atoms with Gasteiger partial charge in [0.05, 0.1) is 23.4 Å². The maximum absolute atomic E-state index is 11.5. The van der Waals surface area contributed by atoms with Gasteiger partial charge in [0.15, 0.2) is 0 Å². The number of carbonyl (C=O) groups excluding carboxylic acids is 1. The van der Waals surface area contributed by atoms with Crippen LogP contribution in [0.25, 0.3) is 11.3 Å². The second-order valence-corrected chi connectivity index (χ2v) is 4.03. The first kappa shape index (κ1) is 13.7. The average Bonchev–Trinajstić information content (AvgIpc) is 2.48. The van der Waals surface area contributed by atoms with Crippen LogP contribution in [0.5, 0.6) is 0 Å². The summed E-state index contributed by atoms with van der Waals surface area (Å²) in [5, 5.41) is 8.94. The maximum atomic E-state index is 11.5. The Kier molecular flexibility index (Phi) is 4.10. The molecule has 1 heterocycles. The quantitative estimate of drug-likeness (QED) is 0.865. The van der Waals surface area contributed by atoms with Gasteiger partial charge in [-0.25, -0.2) is 9.59 Å². The van der Waals surface area contributed by atoms with Crippen LogP contribution in [-0.2, 0) is 4.74 Å². The molecule has 2 aromatic rings. The van der Waals surface area contributed by atoms with Crippen LogP contribution < -0.4 is 0 Å². The summed E-state index contributed by atoms with van der Waals surface area (Å²) in [7, 11) is 0. The molecule has 102 valence electrons. The van der Waals surface area contributed by atoms with Crippen molar-refractivity contribution in [3.63, 3.8) is 0 Å². The molecule has 2 rings (SSSR count). The Bertz CT molecular complexity index is 635. The number of esters is 1. The predicted octanol–water partition coefficient (Wildman–Crippen LogP) is 2.62. The van der Waals surface area contributed by atoms with Crippen LogP contribution in [0.2, 0.25) is 0 Å². The molecule has 1 N–H and O–H groups in total. The van der Waals surface area contributed by atoms with Gasteiger partial charge < -0.3 is 9.84 Å². The summed E-state index contributed by atoms with van der Waals surface area (Å²) in [6.45, 7) is 2.07. The Morgan fingerprint density at radius 1 is 1.15 bits per heavy atom. The van der Waals surface area contributed by atoms with E-state index in [1.807, 2.05) is 0 Å². The molecule has 5 nitrogen and oxygen atoms in total. The van der Waals surface area contributed by atoms with Crippen LogP contribution in [0.1, 0.15) is 27.6 Å². The van der Waals surface area contributed by atoms with Crippen LogP contribution in [0.4, 0.5) is 0 Å². The van der Waals surface area contributed by atoms with Crippen molar-refractivity contribution in [3.05, 3.63) is 53.7 Å². The first-order valence-corrected chi connectivity index (χ1v) is 6.08. The molecule has 0 aliphatic carbocycles. The van der Waals surface area contributed by atoms with E-state index >= 15 is 0 Å². The van der Waals surface area contributed by atoms with Gasteiger partial charge in [0.25, 0.3) is 0 Å². The zero-order valence-corrected chi connectivity index (χ0v) is 10.9. The van der Waals surface area contributed by atoms with E-state index in [1.54, 1.807) is 31.2 Å². The highest BCUT2D eigenvalue weighted by Gasteiger charge is 2.08. The summed E-state index contributed by atoms with van der Waals surface area (Å²) in [5.41, 5.74) is 1.90. The lowest BCUT2D eigenvalue weighted by Crippen LogP contribution is -2.04. The summed E-state index contributed by atoms with van der Waals surface area (Å²) in [4.78, 5) is 26.6. The van der Waals surface area contributed by atoms with Crippen LogP contribution >= 0.6 is 0 Å². The van der Waals surface area contributed by atoms with E-state index in [0.717, 1.165) is 5.56 Å². The van der Waals surface area contributed by atoms with Gasteiger partial charge in [-0.1, -0.05) is 12.1 Å². The van der Waals surface area contributed by atoms with Crippen molar-refractivity contribution >= 4 is 11.9 Å². The number of ether oxygens (including phenoxy) is 1. The number of carboxylic acids is 1. The molecule has 1 aromatic heterocycles. The number of aromatic nitrogens is 1. The minimum atomic E-state index is -1.00. The molecule has 0 atom stereocenters. The fourth-order valence-corrected chi connectivity index (χ4v) is 1.71. The first-order chi connectivity index (χ1) is 9.61. The van der Waals surface area contributed by atoms with Gasteiger partial charge in [0.1, 0.15) is 0 Å². The molecule has 0 saturated heterocycles. The predicted molar refractivity (Wildman–Crippen MR) is 72.6 cm³/mol. The van der Waals surface area contributed by atoms with Crippen molar-refractivity contribution in [2.45, 2.75) is 6.92 Å². The van der Waals surface area contributed by atoms with E-state index in [1.165, 1.54) is 18.3 Å². The van der Waals surface area contributed by atoms with Crippen LogP contribution in [0.15, 0.2) is 42.6 Å². The Hall–Kier alpha value is -2.69. The number of benzene rings is 1. The first-order valence-electron chi connectivity index (χ1n) is 6.08. The van der Waals surface area contributed by atoms with Gasteiger partial charge in [-0.2, -0.15) is 0 Å². The lowest BCUT2D eigenvalue weighted by Gasteiger charge is -2.04. The summed E-state index contributed by atoms with van der Waals surface area (Å²) >= 11 is 0. The lowest BCUT2D eigenvalue weighted by atomic mass is 10.1. The topological polar surface area (TPSA) is 76.5 Å². The number of rotatable bonds is 4. The zero-order valence-electron chi connectivity index (χ0n) is 10.9.